The molecule has 0 spiro atoms. The summed E-state index contributed by atoms with van der Waals surface area (Å²) in [4.78, 5) is 12.2. The smallest absolute Gasteiger partial charge is 0.362 e. The van der Waals surface area contributed by atoms with Gasteiger partial charge in [0, 0.05) is 28.2 Å². The van der Waals surface area contributed by atoms with E-state index >= 15 is 0 Å². The predicted molar refractivity (Wildman–Crippen MR) is 97.7 cm³/mol. The van der Waals surface area contributed by atoms with Crippen molar-refractivity contribution in [3.63, 3.8) is 0 Å². The van der Waals surface area contributed by atoms with Gasteiger partial charge in [0.05, 0.1) is 18.9 Å². The van der Waals surface area contributed by atoms with Crippen molar-refractivity contribution in [2.45, 2.75) is 18.0 Å². The fraction of sp³-hybridized carbons (Fsp3) is 0.312. The van der Waals surface area contributed by atoms with E-state index in [0.29, 0.717) is 34.3 Å². The van der Waals surface area contributed by atoms with Gasteiger partial charge in [0.15, 0.2) is 5.69 Å². The van der Waals surface area contributed by atoms with Gasteiger partial charge in [-0.15, -0.1) is 5.10 Å². The summed E-state index contributed by atoms with van der Waals surface area (Å²) in [6.07, 6.45) is 1.74. The molecule has 2 atom stereocenters. The van der Waals surface area contributed by atoms with Crippen LogP contribution < -0.4 is 5.63 Å². The van der Waals surface area contributed by atoms with Gasteiger partial charge in [-0.25, -0.2) is 9.48 Å². The van der Waals surface area contributed by atoms with Crippen LogP contribution in [-0.2, 0) is 11.3 Å². The first-order valence-corrected chi connectivity index (χ1v) is 9.35. The van der Waals surface area contributed by atoms with E-state index in [4.69, 9.17) is 9.15 Å². The number of rotatable bonds is 6. The zero-order valence-electron chi connectivity index (χ0n) is 13.0. The summed E-state index contributed by atoms with van der Waals surface area (Å²) in [7, 11) is 0. The second-order valence-corrected chi connectivity index (χ2v) is 7.34. The van der Waals surface area contributed by atoms with Gasteiger partial charge in [0.1, 0.15) is 17.0 Å². The first-order valence-electron chi connectivity index (χ1n) is 7.66. The van der Waals surface area contributed by atoms with Gasteiger partial charge in [-0.2, -0.15) is 24.4 Å². The zero-order valence-corrected chi connectivity index (χ0v) is 14.7. The summed E-state index contributed by atoms with van der Waals surface area (Å²) in [6, 6.07) is 6.24. The van der Waals surface area contributed by atoms with Crippen LogP contribution in [0.5, 0.6) is 5.75 Å². The number of aromatic nitrogens is 3. The quantitative estimate of drug-likeness (QED) is 0.386. The van der Waals surface area contributed by atoms with E-state index in [-0.39, 0.29) is 17.5 Å². The Kier molecular flexibility index (Phi) is 4.45. The standard InChI is InChI=1S/C16H15N3O4S2/c20-11-2-1-9-3-12(16(21)23-13(9)4-11)19-5-10(17-18-19)6-22-14(7-24)15-8-25-15/h1-5,14-15,20,24H,6-8H2. The lowest BCUT2D eigenvalue weighted by Crippen LogP contribution is -2.20. The van der Waals surface area contributed by atoms with Gasteiger partial charge in [-0.05, 0) is 18.2 Å². The number of nitrogens with zero attached hydrogens (tertiary/aromatic N) is 3. The van der Waals surface area contributed by atoms with E-state index in [1.807, 2.05) is 11.8 Å². The third kappa shape index (κ3) is 3.53. The van der Waals surface area contributed by atoms with Crippen LogP contribution >= 0.6 is 24.4 Å². The molecule has 25 heavy (non-hydrogen) atoms. The van der Waals surface area contributed by atoms with Crippen molar-refractivity contribution >= 4 is 35.4 Å². The molecule has 2 unspecified atom stereocenters. The van der Waals surface area contributed by atoms with E-state index in [9.17, 15) is 9.90 Å². The molecule has 3 aromatic rings. The fourth-order valence-corrected chi connectivity index (χ4v) is 3.69. The van der Waals surface area contributed by atoms with Crippen molar-refractivity contribution in [2.24, 2.45) is 0 Å². The van der Waals surface area contributed by atoms with Crippen molar-refractivity contribution in [1.82, 2.24) is 15.0 Å². The second-order valence-electron chi connectivity index (χ2n) is 5.70. The van der Waals surface area contributed by atoms with E-state index < -0.39 is 5.63 Å². The van der Waals surface area contributed by atoms with Crippen LogP contribution in [0, 0.1) is 0 Å². The minimum Gasteiger partial charge on any atom is -0.508 e. The number of thioether (sulfide) groups is 1. The Morgan fingerprint density at radius 2 is 2.32 bits per heavy atom. The number of hydrogen-bond donors (Lipinski definition) is 2. The van der Waals surface area contributed by atoms with Gasteiger partial charge in [-0.3, -0.25) is 0 Å². The third-order valence-electron chi connectivity index (χ3n) is 3.89. The minimum atomic E-state index is -0.557. The number of fused-ring (bicyclic) bond motifs is 1. The topological polar surface area (TPSA) is 90.4 Å². The van der Waals surface area contributed by atoms with Gasteiger partial charge in [-0.1, -0.05) is 5.21 Å². The number of ether oxygens (including phenoxy) is 1. The van der Waals surface area contributed by atoms with E-state index in [1.54, 1.807) is 18.3 Å². The Balaban J connectivity index is 1.57. The van der Waals surface area contributed by atoms with Crippen LogP contribution in [-0.4, -0.2) is 43.0 Å². The van der Waals surface area contributed by atoms with E-state index in [2.05, 4.69) is 22.9 Å². The summed E-state index contributed by atoms with van der Waals surface area (Å²) in [5.41, 5.74) is 0.636. The maximum absolute atomic E-state index is 12.2. The molecular weight excluding hydrogens is 362 g/mol. The predicted octanol–water partition coefficient (Wildman–Crippen LogP) is 2.01. The van der Waals surface area contributed by atoms with Crippen molar-refractivity contribution < 1.29 is 14.3 Å². The van der Waals surface area contributed by atoms with Crippen molar-refractivity contribution in [2.75, 3.05) is 11.5 Å². The highest BCUT2D eigenvalue weighted by Gasteiger charge is 2.32. The maximum Gasteiger partial charge on any atom is 0.362 e. The molecule has 1 aliphatic heterocycles. The lowest BCUT2D eigenvalue weighted by molar-refractivity contribution is 0.0604. The lowest BCUT2D eigenvalue weighted by Gasteiger charge is -2.12. The Morgan fingerprint density at radius 3 is 3.08 bits per heavy atom. The number of aromatic hydroxyl groups is 1. The maximum atomic E-state index is 12.2. The molecule has 1 aromatic carbocycles. The molecular formula is C16H15N3O4S2. The fourth-order valence-electron chi connectivity index (χ4n) is 2.47. The van der Waals surface area contributed by atoms with Crippen LogP contribution in [0.1, 0.15) is 5.69 Å². The summed E-state index contributed by atoms with van der Waals surface area (Å²) in [5, 5.41) is 18.7. The molecule has 7 nitrogen and oxygen atoms in total. The molecule has 0 radical (unpaired) electrons. The average Bonchev–Trinajstić information content (AvgIpc) is 3.33. The van der Waals surface area contributed by atoms with Gasteiger partial charge in [0.2, 0.25) is 0 Å². The Labute approximate surface area is 152 Å². The van der Waals surface area contributed by atoms with Crippen LogP contribution in [0.15, 0.2) is 39.7 Å². The molecule has 1 fully saturated rings. The minimum absolute atomic E-state index is 0.0381. The zero-order chi connectivity index (χ0) is 17.4. The summed E-state index contributed by atoms with van der Waals surface area (Å²) >= 11 is 6.16. The molecule has 0 aliphatic carbocycles. The van der Waals surface area contributed by atoms with Crippen molar-refractivity contribution in [3.8, 4) is 11.4 Å². The first-order chi connectivity index (χ1) is 12.1. The van der Waals surface area contributed by atoms with Crippen LogP contribution in [0.2, 0.25) is 0 Å². The monoisotopic (exact) mass is 377 g/mol. The highest BCUT2D eigenvalue weighted by molar-refractivity contribution is 8.07. The lowest BCUT2D eigenvalue weighted by atomic mass is 10.2. The second kappa shape index (κ2) is 6.74. The van der Waals surface area contributed by atoms with Crippen molar-refractivity contribution in [1.29, 1.82) is 0 Å². The van der Waals surface area contributed by atoms with E-state index in [1.165, 1.54) is 16.8 Å². The molecule has 0 saturated carbocycles. The summed E-state index contributed by atoms with van der Waals surface area (Å²) in [6.45, 7) is 0.315. The molecule has 4 rings (SSSR count). The largest absolute Gasteiger partial charge is 0.508 e. The number of hydrogen-bond acceptors (Lipinski definition) is 8. The first kappa shape index (κ1) is 16.5. The molecule has 130 valence electrons. The van der Waals surface area contributed by atoms with Gasteiger partial charge >= 0.3 is 5.63 Å². The number of phenols is 1. The molecule has 0 bridgehead atoms. The average molecular weight is 377 g/mol. The SMILES string of the molecule is O=c1oc2cc(O)ccc2cc1-n1cc(COC(CS)C2CS2)nn1. The third-order valence-corrected chi connectivity index (χ3v) is 5.27. The highest BCUT2D eigenvalue weighted by Crippen LogP contribution is 2.35. The number of phenolic OH excluding ortho intramolecular Hbond substituents is 1. The highest BCUT2D eigenvalue weighted by atomic mass is 32.2. The summed E-state index contributed by atoms with van der Waals surface area (Å²) in [5.74, 6) is 1.80. The van der Waals surface area contributed by atoms with Crippen LogP contribution in [0.4, 0.5) is 0 Å². The van der Waals surface area contributed by atoms with E-state index in [0.717, 1.165) is 5.75 Å². The van der Waals surface area contributed by atoms with Crippen LogP contribution in [0.3, 0.4) is 0 Å². The molecule has 1 saturated heterocycles. The van der Waals surface area contributed by atoms with Crippen LogP contribution in [0.25, 0.3) is 16.7 Å². The Morgan fingerprint density at radius 1 is 1.48 bits per heavy atom. The number of benzene rings is 1. The normalized spacial score (nSPS) is 17.7. The summed E-state index contributed by atoms with van der Waals surface area (Å²) < 4.78 is 12.4. The van der Waals surface area contributed by atoms with Gasteiger partial charge < -0.3 is 14.3 Å². The molecule has 1 N–H and O–H groups in total. The molecule has 2 aromatic heterocycles. The van der Waals surface area contributed by atoms with Gasteiger partial charge in [0.25, 0.3) is 0 Å². The molecule has 1 aliphatic rings. The van der Waals surface area contributed by atoms with Crippen molar-refractivity contribution in [3.05, 3.63) is 46.6 Å². The molecule has 3 heterocycles. The Bertz CT molecular complexity index is 967. The molecule has 9 heteroatoms. The number of thiol groups is 1. The molecule has 0 amide bonds. The Hall–Kier alpha value is -1.97.